The van der Waals surface area contributed by atoms with Gasteiger partial charge in [0.05, 0.1) is 27.8 Å². The van der Waals surface area contributed by atoms with Crippen molar-refractivity contribution in [3.05, 3.63) is 212 Å². The van der Waals surface area contributed by atoms with E-state index in [0.29, 0.717) is 17.5 Å². The highest BCUT2D eigenvalue weighted by Gasteiger charge is 2.20. The predicted molar refractivity (Wildman–Crippen MR) is 258 cm³/mol. The Hall–Kier alpha value is -8.61. The zero-order valence-corrected chi connectivity index (χ0v) is 33.9. The van der Waals surface area contributed by atoms with Crippen LogP contribution in [0.5, 0.6) is 0 Å². The SMILES string of the molecule is c1ccc(-c2nc(-c3ccccc3)nc(-c3ccc(-n4c5ccccc5c5cc(-c6ccc7c8ccccc8n(-c8cccc9c8oc8ccccc89)c7c6)ccc54)cc3)n2)cc1. The molecule has 0 bridgehead atoms. The number of aromatic nitrogens is 5. The lowest BCUT2D eigenvalue weighted by atomic mass is 10.0. The van der Waals surface area contributed by atoms with Crippen LogP contribution in [-0.2, 0) is 0 Å². The summed E-state index contributed by atoms with van der Waals surface area (Å²) in [5.41, 5.74) is 13.5. The van der Waals surface area contributed by atoms with Gasteiger partial charge in [-0.15, -0.1) is 0 Å². The number of hydrogen-bond acceptors (Lipinski definition) is 4. The van der Waals surface area contributed by atoms with Crippen molar-refractivity contribution in [2.24, 2.45) is 0 Å². The highest BCUT2D eigenvalue weighted by Crippen LogP contribution is 2.41. The Balaban J connectivity index is 0.929. The maximum atomic E-state index is 6.59. The van der Waals surface area contributed by atoms with Gasteiger partial charge in [0.1, 0.15) is 5.58 Å². The van der Waals surface area contributed by atoms with Crippen LogP contribution < -0.4 is 0 Å². The quantitative estimate of drug-likeness (QED) is 0.168. The molecule has 63 heavy (non-hydrogen) atoms. The fraction of sp³-hybridized carbons (Fsp3) is 0. The Morgan fingerprint density at radius 1 is 0.302 bits per heavy atom. The number of para-hydroxylation sites is 4. The third kappa shape index (κ3) is 5.62. The first-order chi connectivity index (χ1) is 31.2. The van der Waals surface area contributed by atoms with E-state index < -0.39 is 0 Å². The molecule has 0 N–H and O–H groups in total. The highest BCUT2D eigenvalue weighted by molar-refractivity contribution is 6.14. The van der Waals surface area contributed by atoms with Crippen molar-refractivity contribution in [3.63, 3.8) is 0 Å². The molecule has 0 aliphatic carbocycles. The second-order valence-electron chi connectivity index (χ2n) is 16.0. The van der Waals surface area contributed by atoms with E-state index >= 15 is 0 Å². The van der Waals surface area contributed by atoms with E-state index in [2.05, 4.69) is 149 Å². The normalized spacial score (nSPS) is 11.8. The van der Waals surface area contributed by atoms with Crippen LogP contribution in [-0.4, -0.2) is 24.1 Å². The minimum atomic E-state index is 0.631. The van der Waals surface area contributed by atoms with E-state index in [1.54, 1.807) is 0 Å². The van der Waals surface area contributed by atoms with Gasteiger partial charge < -0.3 is 13.6 Å². The maximum absolute atomic E-state index is 6.59. The van der Waals surface area contributed by atoms with Crippen molar-refractivity contribution >= 4 is 65.6 Å². The first kappa shape index (κ1) is 35.2. The summed E-state index contributed by atoms with van der Waals surface area (Å²) < 4.78 is 11.3. The van der Waals surface area contributed by atoms with Crippen LogP contribution in [0.2, 0.25) is 0 Å². The molecule has 6 heteroatoms. The monoisotopic (exact) mass is 805 g/mol. The molecule has 0 unspecified atom stereocenters. The van der Waals surface area contributed by atoms with E-state index in [4.69, 9.17) is 19.4 Å². The third-order valence-corrected chi connectivity index (χ3v) is 12.4. The molecule has 0 amide bonds. The van der Waals surface area contributed by atoms with Gasteiger partial charge in [-0.3, -0.25) is 0 Å². The zero-order valence-electron chi connectivity index (χ0n) is 33.9. The molecule has 0 aliphatic rings. The zero-order chi connectivity index (χ0) is 41.4. The summed E-state index contributed by atoms with van der Waals surface area (Å²) in [5, 5.41) is 7.03. The van der Waals surface area contributed by atoms with Gasteiger partial charge in [0, 0.05) is 54.7 Å². The van der Waals surface area contributed by atoms with Crippen molar-refractivity contribution in [1.29, 1.82) is 0 Å². The molecule has 0 saturated heterocycles. The fourth-order valence-corrected chi connectivity index (χ4v) is 9.45. The third-order valence-electron chi connectivity index (χ3n) is 12.4. The number of furan rings is 1. The van der Waals surface area contributed by atoms with Crippen LogP contribution in [0, 0.1) is 0 Å². The summed E-state index contributed by atoms with van der Waals surface area (Å²) in [5.74, 6) is 1.92. The lowest BCUT2D eigenvalue weighted by Crippen LogP contribution is -2.00. The Morgan fingerprint density at radius 2 is 0.794 bits per heavy atom. The van der Waals surface area contributed by atoms with Crippen molar-refractivity contribution in [1.82, 2.24) is 24.1 Å². The van der Waals surface area contributed by atoms with E-state index in [1.807, 2.05) is 72.8 Å². The minimum Gasteiger partial charge on any atom is -0.454 e. The first-order valence-electron chi connectivity index (χ1n) is 21.2. The van der Waals surface area contributed by atoms with Crippen molar-refractivity contribution in [2.45, 2.75) is 0 Å². The molecule has 0 atom stereocenters. The first-order valence-corrected chi connectivity index (χ1v) is 21.2. The average molecular weight is 806 g/mol. The average Bonchev–Trinajstić information content (AvgIpc) is 4.02. The topological polar surface area (TPSA) is 61.7 Å². The Bertz CT molecular complexity index is 3840. The predicted octanol–water partition coefficient (Wildman–Crippen LogP) is 14.6. The van der Waals surface area contributed by atoms with Crippen LogP contribution in [0.25, 0.3) is 122 Å². The van der Waals surface area contributed by atoms with Gasteiger partial charge >= 0.3 is 0 Å². The lowest BCUT2D eigenvalue weighted by molar-refractivity contribution is 0.666. The molecule has 4 aromatic heterocycles. The van der Waals surface area contributed by atoms with Gasteiger partial charge in [-0.1, -0.05) is 146 Å². The van der Waals surface area contributed by atoms with Crippen LogP contribution >= 0.6 is 0 Å². The number of nitrogens with zero attached hydrogens (tertiary/aromatic N) is 5. The van der Waals surface area contributed by atoms with Gasteiger partial charge in [0.2, 0.25) is 0 Å². The number of fused-ring (bicyclic) bond motifs is 9. The standard InChI is InChI=1S/C57H35N5O/c1-3-14-36(15-4-1)55-58-56(37-16-5-2-6-17-37)60-57(59-55)38-26-30-41(31-27-38)61-48-22-10-8-19-43(48)47-34-39(29-33-50(47)61)40-28-32-44-42-18-7-11-23-49(42)62(52(44)35-40)51-24-13-21-46-45-20-9-12-25-53(45)63-54(46)51/h1-35H. The second-order valence-corrected chi connectivity index (χ2v) is 16.0. The van der Waals surface area contributed by atoms with E-state index in [-0.39, 0.29) is 0 Å². The number of benzene rings is 9. The summed E-state index contributed by atoms with van der Waals surface area (Å²) >= 11 is 0. The second kappa shape index (κ2) is 14.0. The molecular formula is C57H35N5O. The van der Waals surface area contributed by atoms with Crippen LogP contribution in [0.4, 0.5) is 0 Å². The van der Waals surface area contributed by atoms with Gasteiger partial charge in [-0.25, -0.2) is 15.0 Å². The van der Waals surface area contributed by atoms with E-state index in [1.165, 1.54) is 21.5 Å². The molecule has 0 fully saturated rings. The van der Waals surface area contributed by atoms with Gasteiger partial charge in [-0.2, -0.15) is 0 Å². The van der Waals surface area contributed by atoms with Crippen LogP contribution in [0.15, 0.2) is 217 Å². The largest absolute Gasteiger partial charge is 0.454 e. The molecule has 13 rings (SSSR count). The van der Waals surface area contributed by atoms with Crippen molar-refractivity contribution < 1.29 is 4.42 Å². The van der Waals surface area contributed by atoms with Gasteiger partial charge in [0.25, 0.3) is 0 Å². The summed E-state index contributed by atoms with van der Waals surface area (Å²) in [6, 6.07) is 74.5. The Morgan fingerprint density at radius 3 is 1.49 bits per heavy atom. The minimum absolute atomic E-state index is 0.631. The summed E-state index contributed by atoms with van der Waals surface area (Å²) in [4.78, 5) is 14.8. The van der Waals surface area contributed by atoms with Gasteiger partial charge in [-0.05, 0) is 77.9 Å². The molecule has 13 aromatic rings. The van der Waals surface area contributed by atoms with Gasteiger partial charge in [0.15, 0.2) is 23.1 Å². The van der Waals surface area contributed by atoms with Crippen molar-refractivity contribution in [3.8, 4) is 56.7 Å². The Labute approximate surface area is 361 Å². The smallest absolute Gasteiger partial charge is 0.164 e. The molecule has 294 valence electrons. The maximum Gasteiger partial charge on any atom is 0.164 e. The molecule has 0 saturated carbocycles. The summed E-state index contributed by atoms with van der Waals surface area (Å²) in [6.07, 6.45) is 0. The molecule has 0 radical (unpaired) electrons. The molecule has 0 aliphatic heterocycles. The summed E-state index contributed by atoms with van der Waals surface area (Å²) in [7, 11) is 0. The van der Waals surface area contributed by atoms with Crippen LogP contribution in [0.1, 0.15) is 0 Å². The molecular weight excluding hydrogens is 771 g/mol. The highest BCUT2D eigenvalue weighted by atomic mass is 16.3. The van der Waals surface area contributed by atoms with E-state index in [9.17, 15) is 0 Å². The molecule has 9 aromatic carbocycles. The molecule has 4 heterocycles. The number of hydrogen-bond donors (Lipinski definition) is 0. The fourth-order valence-electron chi connectivity index (χ4n) is 9.45. The van der Waals surface area contributed by atoms with Crippen LogP contribution in [0.3, 0.4) is 0 Å². The molecule has 6 nitrogen and oxygen atoms in total. The summed E-state index contributed by atoms with van der Waals surface area (Å²) in [6.45, 7) is 0. The lowest BCUT2D eigenvalue weighted by Gasteiger charge is -2.11. The Kier molecular flexibility index (Phi) is 7.80. The molecule has 0 spiro atoms. The van der Waals surface area contributed by atoms with Crippen molar-refractivity contribution in [2.75, 3.05) is 0 Å². The van der Waals surface area contributed by atoms with E-state index in [0.717, 1.165) is 83.2 Å². The number of rotatable bonds is 6.